The largest absolute Gasteiger partial charge is 0.497 e. The molecule has 5 heteroatoms. The molecule has 0 bridgehead atoms. The minimum absolute atomic E-state index is 0.0964. The number of aryl methyl sites for hydroxylation is 1. The summed E-state index contributed by atoms with van der Waals surface area (Å²) in [7, 11) is 1.61. The second kappa shape index (κ2) is 11.9. The quantitative estimate of drug-likeness (QED) is 0.551. The number of nitrogens with one attached hydrogen (secondary N) is 1. The van der Waals surface area contributed by atoms with Crippen molar-refractivity contribution in [1.29, 1.82) is 0 Å². The molecule has 28 heavy (non-hydrogen) atoms. The van der Waals surface area contributed by atoms with Crippen LogP contribution in [0.3, 0.4) is 0 Å². The van der Waals surface area contributed by atoms with Crippen molar-refractivity contribution in [3.05, 3.63) is 54.1 Å². The Labute approximate surface area is 168 Å². The molecule has 0 saturated heterocycles. The average molecular weight is 386 g/mol. The minimum Gasteiger partial charge on any atom is -0.497 e. The first-order chi connectivity index (χ1) is 13.7. The van der Waals surface area contributed by atoms with Gasteiger partial charge in [-0.1, -0.05) is 38.1 Å². The zero-order valence-corrected chi connectivity index (χ0v) is 17.1. The van der Waals surface area contributed by atoms with Crippen molar-refractivity contribution in [2.24, 2.45) is 0 Å². The number of para-hydroxylation sites is 1. The molecule has 5 nitrogen and oxygen atoms in total. The lowest BCUT2D eigenvalue weighted by molar-refractivity contribution is -0.128. The van der Waals surface area contributed by atoms with Gasteiger partial charge in [-0.05, 0) is 49.4 Å². The van der Waals surface area contributed by atoms with Gasteiger partial charge < -0.3 is 19.5 Å². The van der Waals surface area contributed by atoms with E-state index in [-0.39, 0.29) is 5.91 Å². The molecule has 0 spiro atoms. The fraction of sp³-hybridized carbons (Fsp3) is 0.435. The second-order valence-electron chi connectivity index (χ2n) is 6.54. The highest BCUT2D eigenvalue weighted by Gasteiger charge is 2.18. The van der Waals surface area contributed by atoms with Gasteiger partial charge in [0.15, 0.2) is 6.10 Å². The highest BCUT2D eigenvalue weighted by molar-refractivity contribution is 5.81. The average Bonchev–Trinajstić information content (AvgIpc) is 2.74. The summed E-state index contributed by atoms with van der Waals surface area (Å²) in [5.41, 5.74) is 1.17. The number of rotatable bonds is 12. The zero-order chi connectivity index (χ0) is 20.2. The van der Waals surface area contributed by atoms with Crippen molar-refractivity contribution in [2.75, 3.05) is 20.3 Å². The molecule has 152 valence electrons. The molecule has 0 heterocycles. The van der Waals surface area contributed by atoms with Gasteiger partial charge in [-0.15, -0.1) is 0 Å². The Balaban J connectivity index is 1.80. The number of hydrogen-bond donors (Lipinski definition) is 1. The number of methoxy groups -OCH3 is 1. The molecule has 1 amide bonds. The number of amides is 1. The van der Waals surface area contributed by atoms with E-state index in [2.05, 4.69) is 18.3 Å². The van der Waals surface area contributed by atoms with Crippen LogP contribution in [0.15, 0.2) is 48.5 Å². The van der Waals surface area contributed by atoms with Crippen LogP contribution < -0.4 is 19.5 Å². The van der Waals surface area contributed by atoms with Gasteiger partial charge in [-0.2, -0.15) is 0 Å². The summed E-state index contributed by atoms with van der Waals surface area (Å²) in [6, 6.07) is 15.4. The molecule has 2 rings (SSSR count). The standard InChI is InChI=1S/C23H31NO4/c1-4-16-27-22-14-7-6-10-18(22)11-9-15-24-23(25)21(5-2)28-20-13-8-12-19(17-20)26-3/h6-8,10,12-14,17,21H,4-5,9,11,15-16H2,1-3H3,(H,24,25). The van der Waals surface area contributed by atoms with Crippen molar-refractivity contribution in [2.45, 2.75) is 45.6 Å². The first kappa shape index (κ1) is 21.6. The Bertz CT molecular complexity index is 732. The van der Waals surface area contributed by atoms with Crippen LogP contribution in [0.2, 0.25) is 0 Å². The van der Waals surface area contributed by atoms with Gasteiger partial charge in [-0.3, -0.25) is 4.79 Å². The molecule has 0 fully saturated rings. The molecular weight excluding hydrogens is 354 g/mol. The summed E-state index contributed by atoms with van der Waals surface area (Å²) in [4.78, 5) is 12.5. The Hall–Kier alpha value is -2.69. The van der Waals surface area contributed by atoms with Crippen LogP contribution in [-0.4, -0.2) is 32.3 Å². The van der Waals surface area contributed by atoms with Crippen LogP contribution in [0, 0.1) is 0 Å². The lowest BCUT2D eigenvalue weighted by Crippen LogP contribution is -2.38. The van der Waals surface area contributed by atoms with Crippen molar-refractivity contribution in [1.82, 2.24) is 5.32 Å². The van der Waals surface area contributed by atoms with Crippen LogP contribution in [0.5, 0.6) is 17.2 Å². The number of benzene rings is 2. The Morgan fingerprint density at radius 1 is 1.07 bits per heavy atom. The summed E-state index contributed by atoms with van der Waals surface area (Å²) >= 11 is 0. The summed E-state index contributed by atoms with van der Waals surface area (Å²) in [6.45, 7) is 5.34. The van der Waals surface area contributed by atoms with E-state index < -0.39 is 6.10 Å². The predicted octanol–water partition coefficient (Wildman–Crippen LogP) is 4.39. The molecule has 0 aliphatic carbocycles. The minimum atomic E-state index is -0.521. The monoisotopic (exact) mass is 385 g/mol. The molecule has 0 aliphatic heterocycles. The summed E-state index contributed by atoms with van der Waals surface area (Å²) in [5.74, 6) is 2.17. The Kier molecular flexibility index (Phi) is 9.19. The maximum absolute atomic E-state index is 12.5. The molecule has 0 radical (unpaired) electrons. The molecular formula is C23H31NO4. The van der Waals surface area contributed by atoms with Crippen LogP contribution in [0.4, 0.5) is 0 Å². The maximum Gasteiger partial charge on any atom is 0.261 e. The molecule has 1 unspecified atom stereocenters. The highest BCUT2D eigenvalue weighted by Crippen LogP contribution is 2.21. The van der Waals surface area contributed by atoms with E-state index in [1.807, 2.05) is 43.3 Å². The van der Waals surface area contributed by atoms with Crippen LogP contribution in [0.1, 0.15) is 38.7 Å². The number of ether oxygens (including phenoxy) is 3. The molecule has 0 aliphatic rings. The number of carbonyl (C=O) groups is 1. The zero-order valence-electron chi connectivity index (χ0n) is 17.1. The van der Waals surface area contributed by atoms with Crippen molar-refractivity contribution < 1.29 is 19.0 Å². The highest BCUT2D eigenvalue weighted by atomic mass is 16.5. The van der Waals surface area contributed by atoms with E-state index in [0.717, 1.165) is 25.0 Å². The first-order valence-corrected chi connectivity index (χ1v) is 9.97. The van der Waals surface area contributed by atoms with E-state index in [1.165, 1.54) is 5.56 Å². The van der Waals surface area contributed by atoms with Crippen molar-refractivity contribution in [3.8, 4) is 17.2 Å². The lowest BCUT2D eigenvalue weighted by Gasteiger charge is -2.18. The molecule has 2 aromatic rings. The molecule has 0 saturated carbocycles. The van der Waals surface area contributed by atoms with E-state index in [0.29, 0.717) is 31.1 Å². The smallest absolute Gasteiger partial charge is 0.261 e. The van der Waals surface area contributed by atoms with Gasteiger partial charge in [0.2, 0.25) is 0 Å². The maximum atomic E-state index is 12.5. The topological polar surface area (TPSA) is 56.8 Å². The van der Waals surface area contributed by atoms with Gasteiger partial charge in [0.25, 0.3) is 5.91 Å². The van der Waals surface area contributed by atoms with Crippen LogP contribution in [-0.2, 0) is 11.2 Å². The van der Waals surface area contributed by atoms with Crippen LogP contribution in [0.25, 0.3) is 0 Å². The predicted molar refractivity (Wildman–Crippen MR) is 111 cm³/mol. The van der Waals surface area contributed by atoms with E-state index in [1.54, 1.807) is 13.2 Å². The Morgan fingerprint density at radius 3 is 2.61 bits per heavy atom. The third kappa shape index (κ3) is 6.80. The summed E-state index contributed by atoms with van der Waals surface area (Å²) in [6.07, 6.45) is 2.75. The molecule has 1 atom stereocenters. The van der Waals surface area contributed by atoms with Gasteiger partial charge in [-0.25, -0.2) is 0 Å². The SMILES string of the molecule is CCCOc1ccccc1CCCNC(=O)C(CC)Oc1cccc(OC)c1. The van der Waals surface area contributed by atoms with Crippen molar-refractivity contribution >= 4 is 5.91 Å². The fourth-order valence-electron chi connectivity index (χ4n) is 2.83. The third-order valence-corrected chi connectivity index (χ3v) is 4.34. The Morgan fingerprint density at radius 2 is 1.86 bits per heavy atom. The van der Waals surface area contributed by atoms with E-state index >= 15 is 0 Å². The molecule has 0 aromatic heterocycles. The van der Waals surface area contributed by atoms with Crippen LogP contribution >= 0.6 is 0 Å². The van der Waals surface area contributed by atoms with Crippen molar-refractivity contribution in [3.63, 3.8) is 0 Å². The number of carbonyl (C=O) groups excluding carboxylic acids is 1. The second-order valence-corrected chi connectivity index (χ2v) is 6.54. The molecule has 2 aromatic carbocycles. The summed E-state index contributed by atoms with van der Waals surface area (Å²) in [5, 5.41) is 2.98. The van der Waals surface area contributed by atoms with E-state index in [9.17, 15) is 4.79 Å². The van der Waals surface area contributed by atoms with Gasteiger partial charge in [0.1, 0.15) is 17.2 Å². The first-order valence-electron chi connectivity index (χ1n) is 9.97. The normalized spacial score (nSPS) is 11.5. The van der Waals surface area contributed by atoms with Gasteiger partial charge in [0.05, 0.1) is 13.7 Å². The number of hydrogen-bond acceptors (Lipinski definition) is 4. The van der Waals surface area contributed by atoms with E-state index in [4.69, 9.17) is 14.2 Å². The summed E-state index contributed by atoms with van der Waals surface area (Å²) < 4.78 is 16.8. The fourth-order valence-corrected chi connectivity index (χ4v) is 2.83. The lowest BCUT2D eigenvalue weighted by atomic mass is 10.1. The third-order valence-electron chi connectivity index (χ3n) is 4.34. The van der Waals surface area contributed by atoms with Gasteiger partial charge >= 0.3 is 0 Å². The van der Waals surface area contributed by atoms with Gasteiger partial charge in [0, 0.05) is 12.6 Å². The molecule has 1 N–H and O–H groups in total.